The Balaban J connectivity index is 2.19. The first kappa shape index (κ1) is 15.5. The van der Waals surface area contributed by atoms with Crippen molar-refractivity contribution >= 4 is 17.6 Å². The number of carbonyl (C=O) groups excluding carboxylic acids is 1. The van der Waals surface area contributed by atoms with Gasteiger partial charge in [-0.25, -0.2) is 4.79 Å². The number of nitrogens with two attached hydrogens (primary N) is 1. The molecule has 1 aliphatic carbocycles. The Morgan fingerprint density at radius 1 is 1.24 bits per heavy atom. The SMILES string of the molecule is Cc1cc(NC(=O)C2CCCCC2N)cc(C(=O)O)c1C. The first-order valence-electron chi connectivity index (χ1n) is 7.31. The van der Waals surface area contributed by atoms with Gasteiger partial charge in [0, 0.05) is 11.7 Å². The van der Waals surface area contributed by atoms with Crippen LogP contribution < -0.4 is 11.1 Å². The second-order valence-electron chi connectivity index (χ2n) is 5.81. The molecule has 0 radical (unpaired) electrons. The molecule has 0 saturated heterocycles. The third kappa shape index (κ3) is 3.42. The normalized spacial score (nSPS) is 21.9. The molecule has 1 fully saturated rings. The average Bonchev–Trinajstić information content (AvgIpc) is 2.42. The number of aromatic carboxylic acids is 1. The van der Waals surface area contributed by atoms with Crippen molar-refractivity contribution in [3.8, 4) is 0 Å². The van der Waals surface area contributed by atoms with Crippen LogP contribution in [0.5, 0.6) is 0 Å². The summed E-state index contributed by atoms with van der Waals surface area (Å²) in [5.74, 6) is -1.28. The maximum absolute atomic E-state index is 12.3. The van der Waals surface area contributed by atoms with Gasteiger partial charge in [0.15, 0.2) is 0 Å². The summed E-state index contributed by atoms with van der Waals surface area (Å²) in [6.45, 7) is 3.60. The molecular formula is C16H22N2O3. The highest BCUT2D eigenvalue weighted by molar-refractivity contribution is 5.96. The van der Waals surface area contributed by atoms with Crippen LogP contribution in [0.4, 0.5) is 5.69 Å². The fourth-order valence-corrected chi connectivity index (χ4v) is 2.87. The van der Waals surface area contributed by atoms with Gasteiger partial charge in [-0.3, -0.25) is 4.79 Å². The van der Waals surface area contributed by atoms with E-state index in [4.69, 9.17) is 5.73 Å². The number of rotatable bonds is 3. The van der Waals surface area contributed by atoms with E-state index in [9.17, 15) is 14.7 Å². The lowest BCUT2D eigenvalue weighted by atomic mass is 9.84. The molecule has 0 aliphatic heterocycles. The van der Waals surface area contributed by atoms with Gasteiger partial charge in [-0.1, -0.05) is 12.8 Å². The molecule has 5 nitrogen and oxygen atoms in total. The van der Waals surface area contributed by atoms with Gasteiger partial charge in [0.25, 0.3) is 0 Å². The molecule has 0 spiro atoms. The van der Waals surface area contributed by atoms with E-state index in [2.05, 4.69) is 5.32 Å². The fourth-order valence-electron chi connectivity index (χ4n) is 2.87. The van der Waals surface area contributed by atoms with Crippen LogP contribution in [0.25, 0.3) is 0 Å². The lowest BCUT2D eigenvalue weighted by molar-refractivity contribution is -0.121. The van der Waals surface area contributed by atoms with Crippen molar-refractivity contribution in [3.05, 3.63) is 28.8 Å². The molecule has 21 heavy (non-hydrogen) atoms. The fraction of sp³-hybridized carbons (Fsp3) is 0.500. The predicted molar refractivity (Wildman–Crippen MR) is 81.4 cm³/mol. The van der Waals surface area contributed by atoms with E-state index in [1.54, 1.807) is 13.0 Å². The van der Waals surface area contributed by atoms with Crippen molar-refractivity contribution in [2.45, 2.75) is 45.6 Å². The van der Waals surface area contributed by atoms with Crippen LogP contribution in [0.15, 0.2) is 12.1 Å². The molecule has 1 saturated carbocycles. The Morgan fingerprint density at radius 2 is 1.90 bits per heavy atom. The van der Waals surface area contributed by atoms with E-state index in [0.29, 0.717) is 5.69 Å². The van der Waals surface area contributed by atoms with Crippen molar-refractivity contribution < 1.29 is 14.7 Å². The van der Waals surface area contributed by atoms with Crippen molar-refractivity contribution in [3.63, 3.8) is 0 Å². The Labute approximate surface area is 124 Å². The maximum Gasteiger partial charge on any atom is 0.336 e. The highest BCUT2D eigenvalue weighted by atomic mass is 16.4. The van der Waals surface area contributed by atoms with Gasteiger partial charge >= 0.3 is 5.97 Å². The predicted octanol–water partition coefficient (Wildman–Crippen LogP) is 2.46. The molecule has 0 aromatic heterocycles. The second kappa shape index (κ2) is 6.26. The molecule has 114 valence electrons. The summed E-state index contributed by atoms with van der Waals surface area (Å²) in [5.41, 5.74) is 8.32. The summed E-state index contributed by atoms with van der Waals surface area (Å²) < 4.78 is 0. The molecule has 0 bridgehead atoms. The smallest absolute Gasteiger partial charge is 0.336 e. The van der Waals surface area contributed by atoms with Gasteiger partial charge in [-0.2, -0.15) is 0 Å². The van der Waals surface area contributed by atoms with Crippen LogP contribution in [0.2, 0.25) is 0 Å². The third-order valence-electron chi connectivity index (χ3n) is 4.32. The average molecular weight is 290 g/mol. The molecule has 4 N–H and O–H groups in total. The van der Waals surface area contributed by atoms with Gasteiger partial charge < -0.3 is 16.2 Å². The second-order valence-corrected chi connectivity index (χ2v) is 5.81. The van der Waals surface area contributed by atoms with Crippen LogP contribution in [0, 0.1) is 19.8 Å². The van der Waals surface area contributed by atoms with Gasteiger partial charge in [-0.05, 0) is 49.9 Å². The number of carbonyl (C=O) groups is 2. The minimum absolute atomic E-state index is 0.107. The Kier molecular flexibility index (Phi) is 4.63. The first-order chi connectivity index (χ1) is 9.90. The number of hydrogen-bond acceptors (Lipinski definition) is 3. The van der Waals surface area contributed by atoms with Crippen molar-refractivity contribution in [2.75, 3.05) is 5.32 Å². The standard InChI is InChI=1S/C16H22N2O3/c1-9-7-11(8-13(10(9)2)16(20)21)18-15(19)12-5-3-4-6-14(12)17/h7-8,12,14H,3-6,17H2,1-2H3,(H,18,19)(H,20,21). The number of nitrogens with one attached hydrogen (secondary N) is 1. The zero-order valence-electron chi connectivity index (χ0n) is 12.5. The summed E-state index contributed by atoms with van der Waals surface area (Å²) in [5, 5.41) is 12.0. The van der Waals surface area contributed by atoms with Gasteiger partial charge in [0.05, 0.1) is 11.5 Å². The van der Waals surface area contributed by atoms with E-state index in [1.807, 2.05) is 6.92 Å². The van der Waals surface area contributed by atoms with Gasteiger partial charge in [0.1, 0.15) is 0 Å². The van der Waals surface area contributed by atoms with E-state index in [0.717, 1.165) is 36.8 Å². The molecule has 2 rings (SSSR count). The number of hydrogen-bond donors (Lipinski definition) is 3. The minimum atomic E-state index is -0.985. The Bertz CT molecular complexity index is 569. The monoisotopic (exact) mass is 290 g/mol. The number of benzene rings is 1. The van der Waals surface area contributed by atoms with Gasteiger partial charge in [-0.15, -0.1) is 0 Å². The van der Waals surface area contributed by atoms with Crippen LogP contribution in [0.3, 0.4) is 0 Å². The summed E-state index contributed by atoms with van der Waals surface area (Å²) in [4.78, 5) is 23.5. The van der Waals surface area contributed by atoms with Crippen LogP contribution in [0.1, 0.15) is 47.2 Å². The summed E-state index contributed by atoms with van der Waals surface area (Å²) in [6, 6.07) is 3.20. The quantitative estimate of drug-likeness (QED) is 0.797. The zero-order chi connectivity index (χ0) is 15.6. The highest BCUT2D eigenvalue weighted by Gasteiger charge is 2.28. The maximum atomic E-state index is 12.3. The largest absolute Gasteiger partial charge is 0.478 e. The van der Waals surface area contributed by atoms with Crippen molar-refractivity contribution in [1.82, 2.24) is 0 Å². The molecular weight excluding hydrogens is 268 g/mol. The van der Waals surface area contributed by atoms with Crippen LogP contribution in [-0.2, 0) is 4.79 Å². The molecule has 1 aliphatic rings. The summed E-state index contributed by atoms with van der Waals surface area (Å²) >= 11 is 0. The van der Waals surface area contributed by atoms with E-state index in [1.165, 1.54) is 6.07 Å². The van der Waals surface area contributed by atoms with E-state index < -0.39 is 5.97 Å². The molecule has 5 heteroatoms. The molecule has 2 unspecified atom stereocenters. The number of aryl methyl sites for hydroxylation is 1. The van der Waals surface area contributed by atoms with Crippen molar-refractivity contribution in [2.24, 2.45) is 11.7 Å². The zero-order valence-corrected chi connectivity index (χ0v) is 12.5. The molecule has 1 aromatic carbocycles. The van der Waals surface area contributed by atoms with Crippen LogP contribution in [-0.4, -0.2) is 23.0 Å². The summed E-state index contributed by atoms with van der Waals surface area (Å²) in [7, 11) is 0. The summed E-state index contributed by atoms with van der Waals surface area (Å²) in [6.07, 6.45) is 3.74. The first-order valence-corrected chi connectivity index (χ1v) is 7.31. The lowest BCUT2D eigenvalue weighted by Crippen LogP contribution is -2.40. The number of carboxylic acids is 1. The van der Waals surface area contributed by atoms with Gasteiger partial charge in [0.2, 0.25) is 5.91 Å². The minimum Gasteiger partial charge on any atom is -0.478 e. The molecule has 2 atom stereocenters. The lowest BCUT2D eigenvalue weighted by Gasteiger charge is -2.27. The van der Waals surface area contributed by atoms with E-state index in [-0.39, 0.29) is 23.4 Å². The molecule has 0 heterocycles. The Hall–Kier alpha value is -1.88. The topological polar surface area (TPSA) is 92.4 Å². The van der Waals surface area contributed by atoms with Crippen LogP contribution >= 0.6 is 0 Å². The molecule has 1 amide bonds. The third-order valence-corrected chi connectivity index (χ3v) is 4.32. The number of carboxylic acid groups (broad SMARTS) is 1. The Morgan fingerprint density at radius 3 is 2.52 bits per heavy atom. The number of anilines is 1. The van der Waals surface area contributed by atoms with E-state index >= 15 is 0 Å². The highest BCUT2D eigenvalue weighted by Crippen LogP contribution is 2.26. The molecule has 1 aromatic rings. The van der Waals surface area contributed by atoms with Crippen molar-refractivity contribution in [1.29, 1.82) is 0 Å². The number of amides is 1.